The summed E-state index contributed by atoms with van der Waals surface area (Å²) in [5.41, 5.74) is 1.67. The minimum atomic E-state index is -1.52. The van der Waals surface area contributed by atoms with E-state index < -0.39 is 17.2 Å². The van der Waals surface area contributed by atoms with Crippen molar-refractivity contribution in [2.45, 2.75) is 18.1 Å². The van der Waals surface area contributed by atoms with Gasteiger partial charge < -0.3 is 14.2 Å². The van der Waals surface area contributed by atoms with Gasteiger partial charge in [-0.3, -0.25) is 0 Å². The van der Waals surface area contributed by atoms with Crippen molar-refractivity contribution < 1.29 is 19.0 Å². The van der Waals surface area contributed by atoms with Crippen molar-refractivity contribution in [3.8, 4) is 0 Å². The second kappa shape index (κ2) is 7.87. The van der Waals surface area contributed by atoms with Crippen molar-refractivity contribution in [3.05, 3.63) is 94.2 Å². The number of thiophene rings is 1. The summed E-state index contributed by atoms with van der Waals surface area (Å²) in [6, 6.07) is 24.0. The summed E-state index contributed by atoms with van der Waals surface area (Å²) in [7, 11) is 0. The molecule has 0 saturated carbocycles. The van der Waals surface area contributed by atoms with Crippen LogP contribution < -0.4 is 0 Å². The quantitative estimate of drug-likeness (QED) is 0.598. The molecule has 2 aromatic carbocycles. The molecule has 0 unspecified atom stereocenters. The van der Waals surface area contributed by atoms with Crippen LogP contribution in [0, 0.1) is 0 Å². The summed E-state index contributed by atoms with van der Waals surface area (Å²) in [5.74, 6) is -2.02. The van der Waals surface area contributed by atoms with Gasteiger partial charge >= 0.3 is 11.8 Å². The molecule has 1 aliphatic heterocycles. The van der Waals surface area contributed by atoms with Crippen molar-refractivity contribution in [2.75, 3.05) is 19.8 Å². The zero-order valence-corrected chi connectivity index (χ0v) is 16.5. The van der Waals surface area contributed by atoms with Gasteiger partial charge in [0.1, 0.15) is 0 Å². The third-order valence-corrected chi connectivity index (χ3v) is 6.04. The lowest BCUT2D eigenvalue weighted by Crippen LogP contribution is -2.54. The van der Waals surface area contributed by atoms with Crippen LogP contribution in [0.4, 0.5) is 0 Å². The second-order valence-electron chi connectivity index (χ2n) is 6.71. The van der Waals surface area contributed by atoms with E-state index in [1.807, 2.05) is 53.9 Å². The van der Waals surface area contributed by atoms with Gasteiger partial charge in [0.2, 0.25) is 0 Å². The smallest absolute Gasteiger partial charge is 0.372 e. The molecule has 0 amide bonds. The fourth-order valence-electron chi connectivity index (χ4n) is 3.60. The SMILES string of the molecule is CCOC(=O)C1(c2cccs2)OCC(c2ccccc2)(c2ccccc2)CO1. The normalized spacial score (nSPS) is 17.8. The third kappa shape index (κ3) is 3.15. The number of carbonyl (C=O) groups is 1. The lowest BCUT2D eigenvalue weighted by molar-refractivity contribution is -0.289. The molecule has 1 saturated heterocycles. The van der Waals surface area contributed by atoms with E-state index in [9.17, 15) is 4.79 Å². The Kier molecular flexibility index (Phi) is 5.31. The van der Waals surface area contributed by atoms with Crippen LogP contribution in [0.2, 0.25) is 0 Å². The van der Waals surface area contributed by atoms with Gasteiger partial charge in [0.05, 0.1) is 30.1 Å². The highest BCUT2D eigenvalue weighted by molar-refractivity contribution is 7.10. The van der Waals surface area contributed by atoms with Gasteiger partial charge in [-0.05, 0) is 29.5 Å². The van der Waals surface area contributed by atoms with E-state index in [4.69, 9.17) is 14.2 Å². The lowest BCUT2D eigenvalue weighted by Gasteiger charge is -2.45. The van der Waals surface area contributed by atoms with Crippen molar-refractivity contribution in [3.63, 3.8) is 0 Å². The number of hydrogen-bond acceptors (Lipinski definition) is 5. The molecule has 1 aliphatic rings. The number of ether oxygens (including phenoxy) is 3. The van der Waals surface area contributed by atoms with E-state index in [0.29, 0.717) is 18.1 Å². The third-order valence-electron chi connectivity index (χ3n) is 5.09. The van der Waals surface area contributed by atoms with Crippen LogP contribution in [0.5, 0.6) is 0 Å². The van der Waals surface area contributed by atoms with E-state index in [2.05, 4.69) is 24.3 Å². The maximum Gasteiger partial charge on any atom is 0.372 e. The highest BCUT2D eigenvalue weighted by atomic mass is 32.1. The molecule has 28 heavy (non-hydrogen) atoms. The van der Waals surface area contributed by atoms with Crippen LogP contribution in [0.3, 0.4) is 0 Å². The predicted molar refractivity (Wildman–Crippen MR) is 108 cm³/mol. The summed E-state index contributed by atoms with van der Waals surface area (Å²) in [6.07, 6.45) is 0. The first-order chi connectivity index (χ1) is 13.7. The van der Waals surface area contributed by atoms with Gasteiger partial charge in [-0.2, -0.15) is 0 Å². The Balaban J connectivity index is 1.75. The highest BCUT2D eigenvalue weighted by Crippen LogP contribution is 2.44. The number of esters is 1. The van der Waals surface area contributed by atoms with Gasteiger partial charge in [-0.1, -0.05) is 66.7 Å². The highest BCUT2D eigenvalue weighted by Gasteiger charge is 2.54. The fraction of sp³-hybridized carbons (Fsp3) is 0.261. The zero-order chi connectivity index (χ0) is 19.5. The van der Waals surface area contributed by atoms with Crippen LogP contribution in [0.1, 0.15) is 22.9 Å². The maximum absolute atomic E-state index is 12.8. The van der Waals surface area contributed by atoms with Crippen LogP contribution in [-0.2, 0) is 30.2 Å². The first kappa shape index (κ1) is 18.9. The van der Waals surface area contributed by atoms with Crippen molar-refractivity contribution >= 4 is 17.3 Å². The molecule has 3 aromatic rings. The van der Waals surface area contributed by atoms with Gasteiger partial charge in [0.15, 0.2) is 0 Å². The Hall–Kier alpha value is -2.47. The predicted octanol–water partition coefficient (Wildman–Crippen LogP) is 4.50. The van der Waals surface area contributed by atoms with E-state index in [1.165, 1.54) is 11.3 Å². The second-order valence-corrected chi connectivity index (χ2v) is 7.65. The molecule has 0 spiro atoms. The van der Waals surface area contributed by atoms with Crippen LogP contribution in [0.15, 0.2) is 78.2 Å². The van der Waals surface area contributed by atoms with Crippen LogP contribution in [-0.4, -0.2) is 25.8 Å². The first-order valence-electron chi connectivity index (χ1n) is 9.31. The summed E-state index contributed by atoms with van der Waals surface area (Å²) in [5, 5.41) is 1.90. The molecular formula is C23H22O4S. The number of benzene rings is 2. The average Bonchev–Trinajstić information content (AvgIpc) is 3.31. The van der Waals surface area contributed by atoms with Gasteiger partial charge in [0, 0.05) is 0 Å². The molecule has 0 N–H and O–H groups in total. The molecule has 5 heteroatoms. The Morgan fingerprint density at radius 3 is 1.96 bits per heavy atom. The first-order valence-corrected chi connectivity index (χ1v) is 10.2. The molecule has 1 aromatic heterocycles. The molecule has 2 heterocycles. The number of hydrogen-bond donors (Lipinski definition) is 0. The molecular weight excluding hydrogens is 372 g/mol. The van der Waals surface area contributed by atoms with Crippen LogP contribution in [0.25, 0.3) is 0 Å². The monoisotopic (exact) mass is 394 g/mol. The lowest BCUT2D eigenvalue weighted by atomic mass is 9.75. The summed E-state index contributed by atoms with van der Waals surface area (Å²) >= 11 is 1.42. The Bertz CT molecular complexity index is 857. The topological polar surface area (TPSA) is 44.8 Å². The Morgan fingerprint density at radius 1 is 0.929 bits per heavy atom. The molecule has 0 radical (unpaired) electrons. The Labute approximate surface area is 168 Å². The molecule has 144 valence electrons. The van der Waals surface area contributed by atoms with Gasteiger partial charge in [0.25, 0.3) is 0 Å². The fourth-order valence-corrected chi connectivity index (χ4v) is 4.42. The van der Waals surface area contributed by atoms with E-state index >= 15 is 0 Å². The molecule has 0 bridgehead atoms. The average molecular weight is 394 g/mol. The van der Waals surface area contributed by atoms with E-state index in [1.54, 1.807) is 6.92 Å². The molecule has 0 aliphatic carbocycles. The summed E-state index contributed by atoms with van der Waals surface area (Å²) < 4.78 is 17.8. The van der Waals surface area contributed by atoms with Gasteiger partial charge in [-0.15, -0.1) is 11.3 Å². The van der Waals surface area contributed by atoms with Crippen molar-refractivity contribution in [1.29, 1.82) is 0 Å². The van der Waals surface area contributed by atoms with Crippen molar-refractivity contribution in [2.24, 2.45) is 0 Å². The Morgan fingerprint density at radius 2 is 1.50 bits per heavy atom. The minimum Gasteiger partial charge on any atom is -0.462 e. The standard InChI is InChI=1S/C23H22O4S/c1-2-25-21(24)23(20-14-9-15-28-20)26-16-22(17-27-23,18-10-5-3-6-11-18)19-12-7-4-8-13-19/h3-15H,2,16-17H2,1H3. The largest absolute Gasteiger partial charge is 0.462 e. The molecule has 1 fully saturated rings. The number of rotatable bonds is 5. The molecule has 4 rings (SSSR count). The zero-order valence-electron chi connectivity index (χ0n) is 15.7. The van der Waals surface area contributed by atoms with Crippen molar-refractivity contribution in [1.82, 2.24) is 0 Å². The van der Waals surface area contributed by atoms with Crippen LogP contribution >= 0.6 is 11.3 Å². The molecule has 4 nitrogen and oxygen atoms in total. The van der Waals surface area contributed by atoms with Gasteiger partial charge in [-0.25, -0.2) is 4.79 Å². The summed E-state index contributed by atoms with van der Waals surface area (Å²) in [6.45, 7) is 2.65. The maximum atomic E-state index is 12.8. The van der Waals surface area contributed by atoms with E-state index in [0.717, 1.165) is 11.1 Å². The number of carbonyl (C=O) groups excluding carboxylic acids is 1. The molecule has 0 atom stereocenters. The summed E-state index contributed by atoms with van der Waals surface area (Å²) in [4.78, 5) is 13.5. The van der Waals surface area contributed by atoms with E-state index in [-0.39, 0.29) is 6.61 Å². The minimum absolute atomic E-state index is 0.265.